The number of rotatable bonds is 5. The molecule has 1 aliphatic rings. The van der Waals surface area contributed by atoms with E-state index in [-0.39, 0.29) is 17.9 Å². The predicted molar refractivity (Wildman–Crippen MR) is 90.8 cm³/mol. The number of hydrogen-bond acceptors (Lipinski definition) is 4. The highest BCUT2D eigenvalue weighted by molar-refractivity contribution is 5.94. The first kappa shape index (κ1) is 18.1. The molecule has 0 aliphatic carbocycles. The smallest absolute Gasteiger partial charge is 0.305 e. The van der Waals surface area contributed by atoms with Gasteiger partial charge in [0.25, 0.3) is 5.91 Å². The van der Waals surface area contributed by atoms with Crippen molar-refractivity contribution in [3.63, 3.8) is 0 Å². The summed E-state index contributed by atoms with van der Waals surface area (Å²) in [6.45, 7) is 2.54. The number of carboxylic acids is 1. The fourth-order valence-electron chi connectivity index (χ4n) is 3.11. The maximum atomic E-state index is 13.1. The fraction of sp³-hybridized carbons (Fsp3) is 0.389. The summed E-state index contributed by atoms with van der Waals surface area (Å²) in [5.74, 6) is -1.75. The number of nitrogens with one attached hydrogen (secondary N) is 1. The molecule has 2 aromatic rings. The van der Waals surface area contributed by atoms with E-state index in [2.05, 4.69) is 10.4 Å². The quantitative estimate of drug-likeness (QED) is 0.850. The van der Waals surface area contributed by atoms with Crippen molar-refractivity contribution in [2.75, 3.05) is 13.2 Å². The van der Waals surface area contributed by atoms with Crippen LogP contribution in [0.3, 0.4) is 0 Å². The number of amides is 1. The van der Waals surface area contributed by atoms with Gasteiger partial charge in [0, 0.05) is 25.0 Å². The number of aliphatic carboxylic acids is 1. The maximum Gasteiger partial charge on any atom is 0.305 e. The van der Waals surface area contributed by atoms with Gasteiger partial charge in [0.05, 0.1) is 17.6 Å². The molecule has 7 nitrogen and oxygen atoms in total. The summed E-state index contributed by atoms with van der Waals surface area (Å²) in [6.07, 6.45) is 2.38. The molecule has 1 aromatic heterocycles. The van der Waals surface area contributed by atoms with E-state index in [1.165, 1.54) is 16.8 Å². The minimum absolute atomic E-state index is 0.167. The average molecular weight is 361 g/mol. The second-order valence-electron chi connectivity index (χ2n) is 6.50. The summed E-state index contributed by atoms with van der Waals surface area (Å²) in [7, 11) is 0. The van der Waals surface area contributed by atoms with Crippen molar-refractivity contribution in [2.45, 2.75) is 31.7 Å². The standard InChI is InChI=1S/C18H20FN3O4/c1-12-11-22(14-4-2-13(19)3-5-14)21-16(12)17(25)20-18(10-15(23)24)6-8-26-9-7-18/h2-5,11H,6-10H2,1H3,(H,20,25)(H,23,24). The van der Waals surface area contributed by atoms with E-state index in [0.717, 1.165) is 0 Å². The number of ether oxygens (including phenoxy) is 1. The molecule has 0 atom stereocenters. The van der Waals surface area contributed by atoms with E-state index in [4.69, 9.17) is 4.74 Å². The summed E-state index contributed by atoms with van der Waals surface area (Å²) in [5, 5.41) is 16.3. The molecule has 1 fully saturated rings. The molecule has 0 bridgehead atoms. The Hall–Kier alpha value is -2.74. The number of carbonyl (C=O) groups excluding carboxylic acids is 1. The van der Waals surface area contributed by atoms with Gasteiger partial charge in [0.15, 0.2) is 5.69 Å². The van der Waals surface area contributed by atoms with E-state index in [9.17, 15) is 19.1 Å². The van der Waals surface area contributed by atoms with E-state index >= 15 is 0 Å². The molecule has 3 rings (SSSR count). The van der Waals surface area contributed by atoms with Crippen LogP contribution in [0.4, 0.5) is 4.39 Å². The first-order valence-electron chi connectivity index (χ1n) is 8.33. The third-order valence-electron chi connectivity index (χ3n) is 4.52. The molecule has 1 aromatic carbocycles. The van der Waals surface area contributed by atoms with Gasteiger partial charge in [-0.3, -0.25) is 9.59 Å². The predicted octanol–water partition coefficient (Wildman–Crippen LogP) is 2.07. The van der Waals surface area contributed by atoms with Crippen molar-refractivity contribution in [3.05, 3.63) is 47.5 Å². The van der Waals surface area contributed by atoms with E-state index < -0.39 is 17.4 Å². The second-order valence-corrected chi connectivity index (χ2v) is 6.50. The van der Waals surface area contributed by atoms with Crippen molar-refractivity contribution in [2.24, 2.45) is 0 Å². The monoisotopic (exact) mass is 361 g/mol. The molecular formula is C18H20FN3O4. The Balaban J connectivity index is 1.82. The number of aryl methyl sites for hydroxylation is 1. The lowest BCUT2D eigenvalue weighted by Gasteiger charge is -2.36. The van der Waals surface area contributed by atoms with Gasteiger partial charge in [-0.1, -0.05) is 0 Å². The van der Waals surface area contributed by atoms with Gasteiger partial charge in [-0.05, 0) is 44.0 Å². The largest absolute Gasteiger partial charge is 0.481 e. The SMILES string of the molecule is Cc1cn(-c2ccc(F)cc2)nc1C(=O)NC1(CC(=O)O)CCOCC1. The van der Waals surface area contributed by atoms with E-state index in [1.54, 1.807) is 25.3 Å². The number of carbonyl (C=O) groups is 2. The van der Waals surface area contributed by atoms with Crippen LogP contribution in [-0.2, 0) is 9.53 Å². The van der Waals surface area contributed by atoms with Gasteiger partial charge in [0.2, 0.25) is 0 Å². The Morgan fingerprint density at radius 2 is 1.96 bits per heavy atom. The van der Waals surface area contributed by atoms with Crippen LogP contribution in [-0.4, -0.2) is 45.5 Å². The Kier molecular flexibility index (Phi) is 5.03. The highest BCUT2D eigenvalue weighted by atomic mass is 19.1. The first-order valence-corrected chi connectivity index (χ1v) is 8.33. The van der Waals surface area contributed by atoms with Crippen LogP contribution in [0.25, 0.3) is 5.69 Å². The van der Waals surface area contributed by atoms with Gasteiger partial charge in [-0.2, -0.15) is 5.10 Å². The fourth-order valence-corrected chi connectivity index (χ4v) is 3.11. The van der Waals surface area contributed by atoms with Crippen LogP contribution in [0, 0.1) is 12.7 Å². The molecule has 1 aliphatic heterocycles. The number of halogens is 1. The minimum Gasteiger partial charge on any atom is -0.481 e. The molecule has 0 spiro atoms. The molecule has 1 saturated heterocycles. The lowest BCUT2D eigenvalue weighted by atomic mass is 9.86. The van der Waals surface area contributed by atoms with Crippen molar-refractivity contribution >= 4 is 11.9 Å². The zero-order valence-electron chi connectivity index (χ0n) is 14.4. The maximum absolute atomic E-state index is 13.1. The van der Waals surface area contributed by atoms with Crippen LogP contribution < -0.4 is 5.32 Å². The highest BCUT2D eigenvalue weighted by Gasteiger charge is 2.37. The Labute approximate surface area is 149 Å². The summed E-state index contributed by atoms with van der Waals surface area (Å²) >= 11 is 0. The van der Waals surface area contributed by atoms with Crippen molar-refractivity contribution in [1.29, 1.82) is 0 Å². The van der Waals surface area contributed by atoms with Crippen molar-refractivity contribution < 1.29 is 23.8 Å². The van der Waals surface area contributed by atoms with Crippen LogP contribution >= 0.6 is 0 Å². The van der Waals surface area contributed by atoms with Crippen LogP contribution in [0.5, 0.6) is 0 Å². The van der Waals surface area contributed by atoms with Gasteiger partial charge < -0.3 is 15.2 Å². The number of carboxylic acid groups (broad SMARTS) is 1. The minimum atomic E-state index is -0.972. The molecule has 8 heteroatoms. The molecular weight excluding hydrogens is 341 g/mol. The summed E-state index contributed by atoms with van der Waals surface area (Å²) in [4.78, 5) is 24.0. The van der Waals surface area contributed by atoms with Gasteiger partial charge >= 0.3 is 5.97 Å². The zero-order chi connectivity index (χ0) is 18.7. The Bertz CT molecular complexity index is 810. The number of hydrogen-bond donors (Lipinski definition) is 2. The lowest BCUT2D eigenvalue weighted by Crippen LogP contribution is -2.53. The molecule has 138 valence electrons. The molecule has 0 saturated carbocycles. The molecule has 0 radical (unpaired) electrons. The highest BCUT2D eigenvalue weighted by Crippen LogP contribution is 2.25. The molecule has 2 N–H and O–H groups in total. The van der Waals surface area contributed by atoms with Gasteiger partial charge in [0.1, 0.15) is 5.82 Å². The number of aromatic nitrogens is 2. The molecule has 1 amide bonds. The lowest BCUT2D eigenvalue weighted by molar-refractivity contribution is -0.139. The number of benzene rings is 1. The van der Waals surface area contributed by atoms with Crippen LogP contribution in [0.15, 0.2) is 30.5 Å². The Morgan fingerprint density at radius 3 is 2.58 bits per heavy atom. The summed E-state index contributed by atoms with van der Waals surface area (Å²) < 4.78 is 19.9. The zero-order valence-corrected chi connectivity index (χ0v) is 14.4. The average Bonchev–Trinajstić information content (AvgIpc) is 2.97. The van der Waals surface area contributed by atoms with Gasteiger partial charge in [-0.25, -0.2) is 9.07 Å². The third-order valence-corrected chi connectivity index (χ3v) is 4.52. The summed E-state index contributed by atoms with van der Waals surface area (Å²) in [6, 6.07) is 5.76. The molecule has 26 heavy (non-hydrogen) atoms. The normalized spacial score (nSPS) is 16.2. The Morgan fingerprint density at radius 1 is 1.31 bits per heavy atom. The van der Waals surface area contributed by atoms with Crippen LogP contribution in [0.1, 0.15) is 35.3 Å². The number of nitrogens with zero attached hydrogens (tertiary/aromatic N) is 2. The first-order chi connectivity index (χ1) is 12.4. The van der Waals surface area contributed by atoms with E-state index in [1.807, 2.05) is 0 Å². The molecule has 2 heterocycles. The van der Waals surface area contributed by atoms with Gasteiger partial charge in [-0.15, -0.1) is 0 Å². The second kappa shape index (κ2) is 7.25. The van der Waals surface area contributed by atoms with Crippen molar-refractivity contribution in [3.8, 4) is 5.69 Å². The van der Waals surface area contributed by atoms with E-state index in [0.29, 0.717) is 37.3 Å². The molecule has 0 unspecified atom stereocenters. The van der Waals surface area contributed by atoms with Crippen molar-refractivity contribution in [1.82, 2.24) is 15.1 Å². The summed E-state index contributed by atoms with van der Waals surface area (Å²) in [5.41, 5.74) is 0.641. The van der Waals surface area contributed by atoms with Crippen LogP contribution in [0.2, 0.25) is 0 Å². The topological polar surface area (TPSA) is 93.5 Å². The third kappa shape index (κ3) is 3.91.